The number of ether oxygens (including phenoxy) is 1. The van der Waals surface area contributed by atoms with Gasteiger partial charge in [0.05, 0.1) is 0 Å². The lowest BCUT2D eigenvalue weighted by atomic mass is 10.5. The zero-order valence-corrected chi connectivity index (χ0v) is 6.72. The molecule has 0 aliphatic heterocycles. The minimum absolute atomic E-state index is 0.329. The maximum Gasteiger partial charge on any atom is 0.177 e. The van der Waals surface area contributed by atoms with Crippen LogP contribution in [0.4, 0.5) is 0 Å². The fraction of sp³-hybridized carbons (Fsp3) is 0.125. The van der Waals surface area contributed by atoms with Crippen LogP contribution in [0.1, 0.15) is 6.92 Å². The lowest BCUT2D eigenvalue weighted by Gasteiger charge is -1.96. The Kier molecular flexibility index (Phi) is 2.76. The summed E-state index contributed by atoms with van der Waals surface area (Å²) in [6, 6.07) is 3.44. The molecule has 0 spiro atoms. The molecule has 0 saturated carbocycles. The number of nitrogens with zero attached hydrogens (tertiary/aromatic N) is 1. The maximum atomic E-state index is 5.66. The van der Waals surface area contributed by atoms with Crippen molar-refractivity contribution in [2.24, 2.45) is 0 Å². The minimum Gasteiger partial charge on any atom is -0.404 e. The summed E-state index contributed by atoms with van der Waals surface area (Å²) in [5, 5.41) is 0.329. The van der Waals surface area contributed by atoms with Crippen LogP contribution in [0.2, 0.25) is 5.15 Å². The summed E-state index contributed by atoms with van der Waals surface area (Å²) in [5.41, 5.74) is 0. The van der Waals surface area contributed by atoms with E-state index < -0.39 is 0 Å². The van der Waals surface area contributed by atoms with Gasteiger partial charge in [0.25, 0.3) is 0 Å². The monoisotopic (exact) mass is 167 g/mol. The van der Waals surface area contributed by atoms with E-state index in [9.17, 15) is 0 Å². The van der Waals surface area contributed by atoms with Crippen LogP contribution in [0, 0.1) is 12.0 Å². The molecule has 0 fully saturated rings. The van der Waals surface area contributed by atoms with Gasteiger partial charge < -0.3 is 4.74 Å². The van der Waals surface area contributed by atoms with Crippen molar-refractivity contribution in [3.8, 4) is 17.8 Å². The Bertz CT molecular complexity index is 300. The molecule has 1 rings (SSSR count). The van der Waals surface area contributed by atoms with E-state index >= 15 is 0 Å². The van der Waals surface area contributed by atoms with Gasteiger partial charge in [-0.3, -0.25) is 0 Å². The summed E-state index contributed by atoms with van der Waals surface area (Å²) in [4.78, 5) is 3.80. The third kappa shape index (κ3) is 2.14. The number of hydrogen-bond acceptors (Lipinski definition) is 2. The van der Waals surface area contributed by atoms with Crippen LogP contribution in [0.25, 0.3) is 0 Å². The van der Waals surface area contributed by atoms with E-state index in [-0.39, 0.29) is 0 Å². The van der Waals surface area contributed by atoms with Crippen LogP contribution in [0.5, 0.6) is 5.75 Å². The smallest absolute Gasteiger partial charge is 0.177 e. The van der Waals surface area contributed by atoms with Crippen molar-refractivity contribution in [1.82, 2.24) is 4.98 Å². The van der Waals surface area contributed by atoms with Gasteiger partial charge in [-0.1, -0.05) is 17.5 Å². The Morgan fingerprint density at radius 3 is 3.09 bits per heavy atom. The predicted octanol–water partition coefficient (Wildman–Crippen LogP) is 2.09. The Balaban J connectivity index is 2.83. The van der Waals surface area contributed by atoms with Gasteiger partial charge in [0.2, 0.25) is 0 Å². The van der Waals surface area contributed by atoms with Crippen LogP contribution in [-0.2, 0) is 0 Å². The molecule has 0 aliphatic rings. The molecule has 0 unspecified atom stereocenters. The van der Waals surface area contributed by atoms with E-state index in [4.69, 9.17) is 16.3 Å². The number of halogens is 1. The molecule has 0 aromatic carbocycles. The van der Waals surface area contributed by atoms with Gasteiger partial charge in [0, 0.05) is 13.1 Å². The zero-order chi connectivity index (χ0) is 8.10. The Morgan fingerprint density at radius 2 is 2.45 bits per heavy atom. The van der Waals surface area contributed by atoms with E-state index in [2.05, 4.69) is 17.0 Å². The van der Waals surface area contributed by atoms with Crippen LogP contribution < -0.4 is 4.74 Å². The average molecular weight is 168 g/mol. The van der Waals surface area contributed by atoms with Crippen LogP contribution >= 0.6 is 11.6 Å². The lowest BCUT2D eigenvalue weighted by molar-refractivity contribution is 0.517. The molecule has 1 aromatic rings. The zero-order valence-electron chi connectivity index (χ0n) is 5.97. The second kappa shape index (κ2) is 3.85. The van der Waals surface area contributed by atoms with Gasteiger partial charge >= 0.3 is 0 Å². The molecule has 0 aliphatic carbocycles. The fourth-order valence-electron chi connectivity index (χ4n) is 0.553. The van der Waals surface area contributed by atoms with E-state index in [1.165, 1.54) is 0 Å². The first-order valence-electron chi connectivity index (χ1n) is 3.03. The Labute approximate surface area is 70.2 Å². The van der Waals surface area contributed by atoms with Gasteiger partial charge in [-0.05, 0) is 12.1 Å². The van der Waals surface area contributed by atoms with Crippen molar-refractivity contribution >= 4 is 11.6 Å². The molecule has 0 bridgehead atoms. The molecule has 2 nitrogen and oxygen atoms in total. The summed E-state index contributed by atoms with van der Waals surface area (Å²) in [5.74, 6) is 3.07. The van der Waals surface area contributed by atoms with Crippen molar-refractivity contribution in [3.63, 3.8) is 0 Å². The lowest BCUT2D eigenvalue weighted by Crippen LogP contribution is -1.84. The Morgan fingerprint density at radius 1 is 1.64 bits per heavy atom. The van der Waals surface area contributed by atoms with Gasteiger partial charge in [-0.25, -0.2) is 4.98 Å². The van der Waals surface area contributed by atoms with Crippen molar-refractivity contribution in [1.29, 1.82) is 0 Å². The van der Waals surface area contributed by atoms with E-state index in [1.54, 1.807) is 25.3 Å². The molecule has 11 heavy (non-hydrogen) atoms. The highest BCUT2D eigenvalue weighted by atomic mass is 35.5. The van der Waals surface area contributed by atoms with Gasteiger partial charge in [-0.2, -0.15) is 0 Å². The molecule has 3 heteroatoms. The Hall–Kier alpha value is -1.20. The number of pyridine rings is 1. The van der Waals surface area contributed by atoms with Crippen molar-refractivity contribution in [2.75, 3.05) is 0 Å². The highest BCUT2D eigenvalue weighted by Gasteiger charge is 1.97. The van der Waals surface area contributed by atoms with E-state index in [1.807, 2.05) is 0 Å². The van der Waals surface area contributed by atoms with Crippen molar-refractivity contribution in [2.45, 2.75) is 6.92 Å². The standard InChI is InChI=1S/C8H6ClNO/c1-2-6-11-7-4-3-5-10-8(7)9/h3-5H,1H3. The normalized spacial score (nSPS) is 8.18. The molecule has 56 valence electrons. The summed E-state index contributed by atoms with van der Waals surface area (Å²) >= 11 is 5.66. The molecule has 0 atom stereocenters. The third-order valence-electron chi connectivity index (χ3n) is 0.988. The molecule has 0 saturated heterocycles. The molecule has 0 N–H and O–H groups in total. The first kappa shape index (κ1) is 7.90. The third-order valence-corrected chi connectivity index (χ3v) is 1.27. The predicted molar refractivity (Wildman–Crippen MR) is 43.3 cm³/mol. The molecule has 1 aromatic heterocycles. The largest absolute Gasteiger partial charge is 0.404 e. The maximum absolute atomic E-state index is 5.66. The second-order valence-corrected chi connectivity index (χ2v) is 2.10. The topological polar surface area (TPSA) is 22.1 Å². The summed E-state index contributed by atoms with van der Waals surface area (Å²) < 4.78 is 4.93. The first-order chi connectivity index (χ1) is 5.34. The van der Waals surface area contributed by atoms with E-state index in [0.29, 0.717) is 10.9 Å². The molecular formula is C8H6ClNO. The van der Waals surface area contributed by atoms with Crippen LogP contribution in [-0.4, -0.2) is 4.98 Å². The molecule has 1 heterocycles. The van der Waals surface area contributed by atoms with Gasteiger partial charge in [-0.15, -0.1) is 0 Å². The SMILES string of the molecule is CC#COc1cccnc1Cl. The van der Waals surface area contributed by atoms with Crippen LogP contribution in [0.15, 0.2) is 18.3 Å². The highest BCUT2D eigenvalue weighted by Crippen LogP contribution is 2.19. The number of hydrogen-bond donors (Lipinski definition) is 0. The second-order valence-electron chi connectivity index (χ2n) is 1.75. The van der Waals surface area contributed by atoms with Crippen LogP contribution in [0.3, 0.4) is 0 Å². The quantitative estimate of drug-likeness (QED) is 0.472. The highest BCUT2D eigenvalue weighted by molar-refractivity contribution is 6.30. The summed E-state index contributed by atoms with van der Waals surface area (Å²) in [6.07, 6.45) is 4.02. The average Bonchev–Trinajstić information content (AvgIpc) is 2.03. The minimum atomic E-state index is 0.329. The molecule has 0 radical (unpaired) electrons. The molecule has 0 amide bonds. The summed E-state index contributed by atoms with van der Waals surface area (Å²) in [6.45, 7) is 1.68. The molecular weight excluding hydrogens is 162 g/mol. The van der Waals surface area contributed by atoms with Gasteiger partial charge in [0.1, 0.15) is 6.11 Å². The van der Waals surface area contributed by atoms with Crippen molar-refractivity contribution < 1.29 is 4.74 Å². The number of aromatic nitrogens is 1. The number of rotatable bonds is 1. The fourth-order valence-corrected chi connectivity index (χ4v) is 0.711. The van der Waals surface area contributed by atoms with E-state index in [0.717, 1.165) is 0 Å². The summed E-state index contributed by atoms with van der Waals surface area (Å²) in [7, 11) is 0. The van der Waals surface area contributed by atoms with Gasteiger partial charge in [0.15, 0.2) is 10.9 Å². The van der Waals surface area contributed by atoms with Crippen molar-refractivity contribution in [3.05, 3.63) is 23.5 Å². The first-order valence-corrected chi connectivity index (χ1v) is 3.41.